The molecule has 0 unspecified atom stereocenters. The van der Waals surface area contributed by atoms with Gasteiger partial charge in [-0.3, -0.25) is 9.59 Å². The molecule has 4 N–H and O–H groups in total. The maximum atomic E-state index is 12.1. The number of aryl methyl sites for hydroxylation is 1. The number of nitrogens with one attached hydrogen (secondary N) is 1. The van der Waals surface area contributed by atoms with E-state index in [1.807, 2.05) is 0 Å². The Morgan fingerprint density at radius 1 is 1.33 bits per heavy atom. The number of rotatable bonds is 5. The van der Waals surface area contributed by atoms with E-state index in [1.165, 1.54) is 0 Å². The van der Waals surface area contributed by atoms with Gasteiger partial charge in [-0.2, -0.15) is 0 Å². The van der Waals surface area contributed by atoms with Gasteiger partial charge in [0.1, 0.15) is 11.6 Å². The van der Waals surface area contributed by atoms with E-state index < -0.39 is 30.2 Å². The van der Waals surface area contributed by atoms with Gasteiger partial charge in [-0.25, -0.2) is 4.79 Å². The first-order valence-corrected chi connectivity index (χ1v) is 6.20. The molecule has 1 aromatic heterocycles. The summed E-state index contributed by atoms with van der Waals surface area (Å²) in [5.74, 6) is -2.83. The van der Waals surface area contributed by atoms with Crippen molar-refractivity contribution in [1.82, 2.24) is 5.32 Å². The van der Waals surface area contributed by atoms with Gasteiger partial charge in [0.15, 0.2) is 5.76 Å². The molecule has 2 aromatic rings. The normalized spacial score (nSPS) is 12.0. The number of carbonyl (C=O) groups is 3. The first-order valence-electron chi connectivity index (χ1n) is 6.20. The fraction of sp³-hybridized carbons (Fsp3) is 0.214. The maximum absolute atomic E-state index is 12.1. The maximum Gasteiger partial charge on any atom is 0.326 e. The smallest absolute Gasteiger partial charge is 0.326 e. The number of nitrogens with two attached hydrogens (primary N) is 1. The van der Waals surface area contributed by atoms with Crippen LogP contribution in [0.2, 0.25) is 0 Å². The fourth-order valence-corrected chi connectivity index (χ4v) is 2.02. The first-order chi connectivity index (χ1) is 9.90. The number of carbonyl (C=O) groups excluding carboxylic acids is 2. The third kappa shape index (κ3) is 3.02. The SMILES string of the molecule is Cc1c(C(=O)N[C@@H](CC(N)=O)C(=O)O)oc2ccccc12. The highest BCUT2D eigenvalue weighted by Gasteiger charge is 2.25. The Morgan fingerprint density at radius 3 is 2.57 bits per heavy atom. The van der Waals surface area contributed by atoms with E-state index in [0.29, 0.717) is 11.1 Å². The number of hydrogen-bond acceptors (Lipinski definition) is 4. The summed E-state index contributed by atoms with van der Waals surface area (Å²) in [6.45, 7) is 1.70. The van der Waals surface area contributed by atoms with Gasteiger partial charge in [0.05, 0.1) is 6.42 Å². The Kier molecular flexibility index (Phi) is 3.93. The van der Waals surface area contributed by atoms with Crippen LogP contribution < -0.4 is 11.1 Å². The molecule has 0 spiro atoms. The van der Waals surface area contributed by atoms with E-state index in [1.54, 1.807) is 31.2 Å². The highest BCUT2D eigenvalue weighted by molar-refractivity contribution is 6.00. The van der Waals surface area contributed by atoms with Crippen molar-refractivity contribution in [3.05, 3.63) is 35.6 Å². The first kappa shape index (κ1) is 14.6. The zero-order valence-corrected chi connectivity index (χ0v) is 11.3. The molecule has 0 saturated carbocycles. The van der Waals surface area contributed by atoms with Crippen LogP contribution in [-0.4, -0.2) is 28.9 Å². The molecule has 0 aliphatic heterocycles. The molecule has 0 bridgehead atoms. The van der Waals surface area contributed by atoms with Gasteiger partial charge in [-0.1, -0.05) is 18.2 Å². The summed E-state index contributed by atoms with van der Waals surface area (Å²) in [6.07, 6.45) is -0.486. The molecule has 110 valence electrons. The van der Waals surface area contributed by atoms with Crippen LogP contribution in [0.15, 0.2) is 28.7 Å². The average Bonchev–Trinajstić information content (AvgIpc) is 2.75. The number of carboxylic acid groups (broad SMARTS) is 1. The van der Waals surface area contributed by atoms with Gasteiger partial charge in [-0.05, 0) is 13.0 Å². The number of para-hydroxylation sites is 1. The average molecular weight is 290 g/mol. The van der Waals surface area contributed by atoms with Crippen LogP contribution in [0.3, 0.4) is 0 Å². The van der Waals surface area contributed by atoms with Crippen LogP contribution in [0.4, 0.5) is 0 Å². The fourth-order valence-electron chi connectivity index (χ4n) is 2.02. The lowest BCUT2D eigenvalue weighted by Gasteiger charge is -2.11. The second-order valence-electron chi connectivity index (χ2n) is 4.59. The highest BCUT2D eigenvalue weighted by atomic mass is 16.4. The molecule has 0 saturated heterocycles. The van der Waals surface area contributed by atoms with Crippen molar-refractivity contribution in [2.24, 2.45) is 5.73 Å². The molecule has 2 amide bonds. The molecule has 1 aromatic carbocycles. The molecule has 2 rings (SSSR count). The monoisotopic (exact) mass is 290 g/mol. The van der Waals surface area contributed by atoms with Gasteiger partial charge in [0.2, 0.25) is 5.91 Å². The topological polar surface area (TPSA) is 123 Å². The van der Waals surface area contributed by atoms with E-state index in [2.05, 4.69) is 5.32 Å². The summed E-state index contributed by atoms with van der Waals surface area (Å²) < 4.78 is 5.43. The lowest BCUT2D eigenvalue weighted by molar-refractivity contribution is -0.140. The minimum absolute atomic E-state index is 0.0203. The number of benzene rings is 1. The number of carboxylic acids is 1. The Labute approximate surface area is 119 Å². The summed E-state index contributed by atoms with van der Waals surface area (Å²) in [5.41, 5.74) is 6.09. The van der Waals surface area contributed by atoms with Gasteiger partial charge in [0.25, 0.3) is 5.91 Å². The van der Waals surface area contributed by atoms with E-state index in [0.717, 1.165) is 5.39 Å². The molecule has 7 nitrogen and oxygen atoms in total. The van der Waals surface area contributed by atoms with Crippen molar-refractivity contribution in [3.8, 4) is 0 Å². The molecule has 0 radical (unpaired) electrons. The standard InChI is InChI=1S/C14H14N2O5/c1-7-8-4-2-3-5-10(8)21-12(7)13(18)16-9(14(19)20)6-11(15)17/h2-5,9H,6H2,1H3,(H2,15,17)(H,16,18)(H,19,20)/t9-/m0/s1. The molecule has 7 heteroatoms. The zero-order chi connectivity index (χ0) is 15.6. The third-order valence-electron chi connectivity index (χ3n) is 3.06. The number of amides is 2. The number of hydrogen-bond donors (Lipinski definition) is 3. The quantitative estimate of drug-likeness (QED) is 0.751. The number of furan rings is 1. The van der Waals surface area contributed by atoms with Crippen LogP contribution in [0, 0.1) is 6.92 Å². The molecule has 0 fully saturated rings. The molecule has 0 aliphatic carbocycles. The minimum atomic E-state index is -1.39. The number of primary amides is 1. The van der Waals surface area contributed by atoms with E-state index in [4.69, 9.17) is 15.3 Å². The molecule has 1 heterocycles. The van der Waals surface area contributed by atoms with Crippen molar-refractivity contribution >= 4 is 28.8 Å². The van der Waals surface area contributed by atoms with Crippen LogP contribution in [-0.2, 0) is 9.59 Å². The predicted molar refractivity (Wildman–Crippen MR) is 73.7 cm³/mol. The molecule has 0 aliphatic rings. The summed E-state index contributed by atoms with van der Waals surface area (Å²) in [6, 6.07) is 5.68. The lowest BCUT2D eigenvalue weighted by atomic mass is 10.1. The summed E-state index contributed by atoms with van der Waals surface area (Å²) >= 11 is 0. The Hall–Kier alpha value is -2.83. The Balaban J connectivity index is 2.27. The number of fused-ring (bicyclic) bond motifs is 1. The Bertz CT molecular complexity index is 719. The van der Waals surface area contributed by atoms with Crippen molar-refractivity contribution in [3.63, 3.8) is 0 Å². The second-order valence-corrected chi connectivity index (χ2v) is 4.59. The van der Waals surface area contributed by atoms with E-state index >= 15 is 0 Å². The third-order valence-corrected chi connectivity index (χ3v) is 3.06. The van der Waals surface area contributed by atoms with Crippen LogP contribution in [0.1, 0.15) is 22.5 Å². The van der Waals surface area contributed by atoms with Gasteiger partial charge >= 0.3 is 5.97 Å². The van der Waals surface area contributed by atoms with Crippen LogP contribution in [0.5, 0.6) is 0 Å². The summed E-state index contributed by atoms with van der Waals surface area (Å²) in [4.78, 5) is 33.9. The van der Waals surface area contributed by atoms with Crippen molar-refractivity contribution in [2.75, 3.05) is 0 Å². The highest BCUT2D eigenvalue weighted by Crippen LogP contribution is 2.24. The van der Waals surface area contributed by atoms with Crippen molar-refractivity contribution in [1.29, 1.82) is 0 Å². The van der Waals surface area contributed by atoms with E-state index in [9.17, 15) is 14.4 Å². The van der Waals surface area contributed by atoms with Crippen molar-refractivity contribution < 1.29 is 23.9 Å². The summed E-state index contributed by atoms with van der Waals surface area (Å²) in [5, 5.41) is 12.0. The van der Waals surface area contributed by atoms with Crippen molar-refractivity contribution in [2.45, 2.75) is 19.4 Å². The zero-order valence-electron chi connectivity index (χ0n) is 11.3. The van der Waals surface area contributed by atoms with Crippen LogP contribution in [0.25, 0.3) is 11.0 Å². The molecular formula is C14H14N2O5. The largest absolute Gasteiger partial charge is 0.480 e. The van der Waals surface area contributed by atoms with E-state index in [-0.39, 0.29) is 5.76 Å². The van der Waals surface area contributed by atoms with Gasteiger partial charge < -0.3 is 20.6 Å². The van der Waals surface area contributed by atoms with Crippen LogP contribution >= 0.6 is 0 Å². The molecule has 1 atom stereocenters. The minimum Gasteiger partial charge on any atom is -0.480 e. The number of aliphatic carboxylic acids is 1. The lowest BCUT2D eigenvalue weighted by Crippen LogP contribution is -2.43. The van der Waals surface area contributed by atoms with Gasteiger partial charge in [0, 0.05) is 10.9 Å². The van der Waals surface area contributed by atoms with Gasteiger partial charge in [-0.15, -0.1) is 0 Å². The Morgan fingerprint density at radius 2 is 2.00 bits per heavy atom. The molecular weight excluding hydrogens is 276 g/mol. The summed E-state index contributed by atoms with van der Waals surface area (Å²) in [7, 11) is 0. The predicted octanol–water partition coefficient (Wildman–Crippen LogP) is 0.800. The second kappa shape index (κ2) is 5.66. The molecule has 21 heavy (non-hydrogen) atoms.